The van der Waals surface area contributed by atoms with Crippen molar-refractivity contribution < 1.29 is 4.79 Å². The van der Waals surface area contributed by atoms with Crippen molar-refractivity contribution in [1.29, 1.82) is 0 Å². The quantitative estimate of drug-likeness (QED) is 0.891. The minimum Gasteiger partial charge on any atom is -0.373 e. The normalized spacial score (nSPS) is 10.2. The van der Waals surface area contributed by atoms with Crippen LogP contribution in [0, 0.1) is 0 Å². The van der Waals surface area contributed by atoms with Gasteiger partial charge >= 0.3 is 0 Å². The Morgan fingerprint density at radius 2 is 2.05 bits per heavy atom. The van der Waals surface area contributed by atoms with Crippen molar-refractivity contribution in [3.8, 4) is 0 Å². The molecule has 110 valence electrons. The molecule has 21 heavy (non-hydrogen) atoms. The van der Waals surface area contributed by atoms with Gasteiger partial charge in [-0.3, -0.25) is 4.79 Å². The maximum absolute atomic E-state index is 12.3. The van der Waals surface area contributed by atoms with Gasteiger partial charge in [-0.25, -0.2) is 4.98 Å². The van der Waals surface area contributed by atoms with E-state index >= 15 is 0 Å². The summed E-state index contributed by atoms with van der Waals surface area (Å²) < 4.78 is 0. The van der Waals surface area contributed by atoms with Crippen LogP contribution in [0.5, 0.6) is 0 Å². The largest absolute Gasteiger partial charge is 0.373 e. The van der Waals surface area contributed by atoms with Gasteiger partial charge in [-0.2, -0.15) is 0 Å². The summed E-state index contributed by atoms with van der Waals surface area (Å²) in [7, 11) is 1.78. The molecule has 5 heteroatoms. The highest BCUT2D eigenvalue weighted by Crippen LogP contribution is 2.15. The predicted octanol–water partition coefficient (Wildman–Crippen LogP) is 3.27. The number of benzene rings is 1. The average Bonchev–Trinajstić information content (AvgIpc) is 2.53. The first-order valence-electron chi connectivity index (χ1n) is 6.84. The molecular formula is C16H18ClN3O. The van der Waals surface area contributed by atoms with Gasteiger partial charge in [-0.05, 0) is 30.2 Å². The number of rotatable bonds is 5. The first-order chi connectivity index (χ1) is 10.1. The van der Waals surface area contributed by atoms with Crippen molar-refractivity contribution in [3.05, 3.63) is 58.2 Å². The summed E-state index contributed by atoms with van der Waals surface area (Å²) in [4.78, 5) is 16.6. The van der Waals surface area contributed by atoms with Crippen LogP contribution in [-0.4, -0.2) is 17.9 Å². The van der Waals surface area contributed by atoms with Crippen LogP contribution in [0.2, 0.25) is 5.02 Å². The maximum Gasteiger partial charge on any atom is 0.251 e. The summed E-state index contributed by atoms with van der Waals surface area (Å²) in [6.07, 6.45) is 0.778. The molecule has 1 aromatic heterocycles. The fourth-order valence-electron chi connectivity index (χ4n) is 1.95. The number of nitrogens with zero attached hydrogens (tertiary/aromatic N) is 1. The van der Waals surface area contributed by atoms with E-state index in [2.05, 4.69) is 15.6 Å². The molecule has 1 aromatic carbocycles. The van der Waals surface area contributed by atoms with Crippen LogP contribution < -0.4 is 10.6 Å². The van der Waals surface area contributed by atoms with Gasteiger partial charge in [0.1, 0.15) is 5.82 Å². The van der Waals surface area contributed by atoms with Crippen LogP contribution in [-0.2, 0) is 13.0 Å². The Bertz CT molecular complexity index is 621. The standard InChI is InChI=1S/C16H18ClN3O/c1-3-13-8-12(9-15(18-2)20-13)16(21)19-10-11-6-4-5-7-14(11)17/h4-9H,3,10H2,1-2H3,(H,18,20)(H,19,21). The number of anilines is 1. The highest BCUT2D eigenvalue weighted by Gasteiger charge is 2.09. The molecule has 2 aromatic rings. The number of carbonyl (C=O) groups excluding carboxylic acids is 1. The number of aromatic nitrogens is 1. The minimum absolute atomic E-state index is 0.136. The third-order valence-corrected chi connectivity index (χ3v) is 3.52. The van der Waals surface area contributed by atoms with Gasteiger partial charge in [0.05, 0.1) is 0 Å². The SMILES string of the molecule is CCc1cc(C(=O)NCc2ccccc2Cl)cc(NC)n1. The second-order valence-corrected chi connectivity index (χ2v) is 5.02. The van der Waals surface area contributed by atoms with Crippen molar-refractivity contribution >= 4 is 23.3 Å². The number of carbonyl (C=O) groups is 1. The Kier molecular flexibility index (Phi) is 5.17. The lowest BCUT2D eigenvalue weighted by Gasteiger charge is -2.09. The van der Waals surface area contributed by atoms with Crippen molar-refractivity contribution in [2.24, 2.45) is 0 Å². The molecule has 1 amide bonds. The molecule has 0 atom stereocenters. The Labute approximate surface area is 129 Å². The maximum atomic E-state index is 12.3. The van der Waals surface area contributed by atoms with Gasteiger partial charge in [-0.15, -0.1) is 0 Å². The van der Waals surface area contributed by atoms with E-state index in [-0.39, 0.29) is 5.91 Å². The van der Waals surface area contributed by atoms with Gasteiger partial charge < -0.3 is 10.6 Å². The topological polar surface area (TPSA) is 54.0 Å². The number of hydrogen-bond acceptors (Lipinski definition) is 3. The number of pyridine rings is 1. The Morgan fingerprint density at radius 1 is 1.29 bits per heavy atom. The third kappa shape index (κ3) is 3.95. The fraction of sp³-hybridized carbons (Fsp3) is 0.250. The van der Waals surface area contributed by atoms with Crippen LogP contribution in [0.3, 0.4) is 0 Å². The van der Waals surface area contributed by atoms with Crippen LogP contribution in [0.1, 0.15) is 28.5 Å². The zero-order valence-corrected chi connectivity index (χ0v) is 12.9. The monoisotopic (exact) mass is 303 g/mol. The molecular weight excluding hydrogens is 286 g/mol. The third-order valence-electron chi connectivity index (χ3n) is 3.16. The van der Waals surface area contributed by atoms with E-state index in [4.69, 9.17) is 11.6 Å². The Balaban J connectivity index is 2.11. The van der Waals surface area contributed by atoms with E-state index in [1.54, 1.807) is 13.1 Å². The molecule has 1 heterocycles. The zero-order chi connectivity index (χ0) is 15.2. The van der Waals surface area contributed by atoms with Crippen molar-refractivity contribution in [2.45, 2.75) is 19.9 Å². The minimum atomic E-state index is -0.136. The van der Waals surface area contributed by atoms with E-state index < -0.39 is 0 Å². The second-order valence-electron chi connectivity index (χ2n) is 4.61. The predicted molar refractivity (Wildman–Crippen MR) is 85.8 cm³/mol. The molecule has 0 bridgehead atoms. The molecule has 0 saturated carbocycles. The number of hydrogen-bond donors (Lipinski definition) is 2. The van der Waals surface area contributed by atoms with E-state index in [1.807, 2.05) is 37.3 Å². The molecule has 0 aliphatic carbocycles. The van der Waals surface area contributed by atoms with Crippen LogP contribution in [0.4, 0.5) is 5.82 Å². The average molecular weight is 304 g/mol. The van der Waals surface area contributed by atoms with Crippen molar-refractivity contribution in [3.63, 3.8) is 0 Å². The second kappa shape index (κ2) is 7.09. The first-order valence-corrected chi connectivity index (χ1v) is 7.22. The zero-order valence-electron chi connectivity index (χ0n) is 12.1. The van der Waals surface area contributed by atoms with Crippen molar-refractivity contribution in [2.75, 3.05) is 12.4 Å². The lowest BCUT2D eigenvalue weighted by Crippen LogP contribution is -2.23. The molecule has 0 unspecified atom stereocenters. The summed E-state index contributed by atoms with van der Waals surface area (Å²) in [5.41, 5.74) is 2.37. The Morgan fingerprint density at radius 3 is 2.71 bits per heavy atom. The molecule has 0 saturated heterocycles. The number of amides is 1. The van der Waals surface area contributed by atoms with Crippen LogP contribution in [0.25, 0.3) is 0 Å². The molecule has 0 spiro atoms. The molecule has 2 rings (SSSR count). The smallest absolute Gasteiger partial charge is 0.251 e. The lowest BCUT2D eigenvalue weighted by atomic mass is 10.1. The lowest BCUT2D eigenvalue weighted by molar-refractivity contribution is 0.0950. The van der Waals surface area contributed by atoms with E-state index in [9.17, 15) is 4.79 Å². The summed E-state index contributed by atoms with van der Waals surface area (Å²) in [6, 6.07) is 11.0. The van der Waals surface area contributed by atoms with E-state index in [0.29, 0.717) is 22.9 Å². The molecule has 2 N–H and O–H groups in total. The van der Waals surface area contributed by atoms with E-state index in [0.717, 1.165) is 17.7 Å². The summed E-state index contributed by atoms with van der Waals surface area (Å²) in [6.45, 7) is 2.41. The summed E-state index contributed by atoms with van der Waals surface area (Å²) in [5.74, 6) is 0.556. The highest BCUT2D eigenvalue weighted by atomic mass is 35.5. The van der Waals surface area contributed by atoms with Crippen LogP contribution in [0.15, 0.2) is 36.4 Å². The van der Waals surface area contributed by atoms with Crippen molar-refractivity contribution in [1.82, 2.24) is 10.3 Å². The molecule has 0 aliphatic rings. The van der Waals surface area contributed by atoms with Gasteiger partial charge in [0.25, 0.3) is 5.91 Å². The molecule has 0 fully saturated rings. The molecule has 4 nitrogen and oxygen atoms in total. The fourth-order valence-corrected chi connectivity index (χ4v) is 2.15. The first kappa shape index (κ1) is 15.3. The van der Waals surface area contributed by atoms with Gasteiger partial charge in [0.15, 0.2) is 0 Å². The Hall–Kier alpha value is -2.07. The summed E-state index contributed by atoms with van der Waals surface area (Å²) in [5, 5.41) is 6.50. The van der Waals surface area contributed by atoms with Gasteiger partial charge in [0, 0.05) is 29.9 Å². The summed E-state index contributed by atoms with van der Waals surface area (Å²) >= 11 is 6.08. The molecule has 0 aliphatic heterocycles. The van der Waals surface area contributed by atoms with E-state index in [1.165, 1.54) is 0 Å². The number of nitrogens with one attached hydrogen (secondary N) is 2. The van der Waals surface area contributed by atoms with Gasteiger partial charge in [-0.1, -0.05) is 36.7 Å². The number of aryl methyl sites for hydroxylation is 1. The van der Waals surface area contributed by atoms with Crippen LogP contribution >= 0.6 is 11.6 Å². The van der Waals surface area contributed by atoms with Gasteiger partial charge in [0.2, 0.25) is 0 Å². The molecule has 0 radical (unpaired) electrons. The number of halogens is 1. The highest BCUT2D eigenvalue weighted by molar-refractivity contribution is 6.31.